The van der Waals surface area contributed by atoms with Crippen molar-refractivity contribution >= 4 is 35.5 Å². The Bertz CT molecular complexity index is 944. The summed E-state index contributed by atoms with van der Waals surface area (Å²) in [5, 5.41) is 5.49. The number of alkyl halides is 4. The highest BCUT2D eigenvalue weighted by Gasteiger charge is 2.35. The van der Waals surface area contributed by atoms with Crippen molar-refractivity contribution in [3.05, 3.63) is 34.5 Å². The van der Waals surface area contributed by atoms with E-state index in [0.717, 1.165) is 12.8 Å². The third-order valence-corrected chi connectivity index (χ3v) is 5.10. The molecule has 1 saturated heterocycles. The van der Waals surface area contributed by atoms with Gasteiger partial charge in [0.1, 0.15) is 17.1 Å². The first-order chi connectivity index (χ1) is 14.8. The number of hydrogen-bond donors (Lipinski definition) is 2. The summed E-state index contributed by atoms with van der Waals surface area (Å²) < 4.78 is 57.5. The number of ether oxygens (including phenoxy) is 1. The van der Waals surface area contributed by atoms with Crippen LogP contribution in [0.5, 0.6) is 5.75 Å². The van der Waals surface area contributed by atoms with Gasteiger partial charge in [-0.2, -0.15) is 18.2 Å². The van der Waals surface area contributed by atoms with Gasteiger partial charge in [-0.25, -0.2) is 9.37 Å². The molecule has 0 saturated carbocycles. The molecule has 2 aromatic rings. The molecule has 0 bridgehead atoms. The first-order valence-corrected chi connectivity index (χ1v) is 9.84. The fourth-order valence-electron chi connectivity index (χ4n) is 3.43. The molecule has 2 heterocycles. The van der Waals surface area contributed by atoms with Crippen molar-refractivity contribution in [1.29, 1.82) is 0 Å². The number of amides is 1. The molecule has 1 fully saturated rings. The zero-order chi connectivity index (χ0) is 22.6. The summed E-state index contributed by atoms with van der Waals surface area (Å²) in [5.41, 5.74) is -0.246. The zero-order valence-corrected chi connectivity index (χ0v) is 17.2. The number of halogens is 5. The van der Waals surface area contributed by atoms with Crippen LogP contribution in [0.3, 0.4) is 0 Å². The highest BCUT2D eigenvalue weighted by atomic mass is 35.5. The fourth-order valence-corrected chi connectivity index (χ4v) is 3.65. The van der Waals surface area contributed by atoms with Gasteiger partial charge in [-0.15, -0.1) is 0 Å². The van der Waals surface area contributed by atoms with Crippen LogP contribution >= 0.6 is 11.6 Å². The Labute approximate surface area is 180 Å². The van der Waals surface area contributed by atoms with Crippen LogP contribution in [0.25, 0.3) is 0 Å². The highest BCUT2D eigenvalue weighted by molar-refractivity contribution is 6.33. The van der Waals surface area contributed by atoms with Gasteiger partial charge < -0.3 is 20.3 Å². The van der Waals surface area contributed by atoms with Crippen LogP contribution in [0.15, 0.2) is 18.3 Å². The van der Waals surface area contributed by atoms with Gasteiger partial charge in [0.05, 0.1) is 16.8 Å². The Hall–Kier alpha value is -2.82. The summed E-state index contributed by atoms with van der Waals surface area (Å²) >= 11 is 6.36. The summed E-state index contributed by atoms with van der Waals surface area (Å²) in [6.07, 6.45) is -1.80. The number of carbonyl (C=O) groups is 1. The smallest absolute Gasteiger partial charge is 0.421 e. The summed E-state index contributed by atoms with van der Waals surface area (Å²) in [6, 6.07) is 2.64. The Morgan fingerprint density at radius 2 is 2.16 bits per heavy atom. The van der Waals surface area contributed by atoms with Crippen LogP contribution in [0, 0.1) is 0 Å². The predicted molar refractivity (Wildman–Crippen MR) is 107 cm³/mol. The van der Waals surface area contributed by atoms with Gasteiger partial charge in [0.2, 0.25) is 19.2 Å². The molecule has 2 N–H and O–H groups in total. The number of likely N-dealkylation sites (tertiary alicyclic amines) is 1. The highest BCUT2D eigenvalue weighted by Crippen LogP contribution is 2.41. The Kier molecular flexibility index (Phi) is 7.04. The summed E-state index contributed by atoms with van der Waals surface area (Å²) in [5.74, 6) is -0.361. The van der Waals surface area contributed by atoms with Gasteiger partial charge in [0.15, 0.2) is 0 Å². The van der Waals surface area contributed by atoms with Crippen molar-refractivity contribution in [2.75, 3.05) is 30.6 Å². The average molecular weight is 462 g/mol. The molecule has 7 nitrogen and oxygen atoms in total. The van der Waals surface area contributed by atoms with Crippen molar-refractivity contribution in [2.45, 2.75) is 32.0 Å². The van der Waals surface area contributed by atoms with Crippen molar-refractivity contribution < 1.29 is 27.1 Å². The molecule has 1 aromatic carbocycles. The van der Waals surface area contributed by atoms with Crippen molar-refractivity contribution in [3.63, 3.8) is 0 Å². The molecule has 168 valence electrons. The molecule has 1 aliphatic rings. The number of aromatic nitrogens is 2. The van der Waals surface area contributed by atoms with Gasteiger partial charge in [-0.05, 0) is 25.8 Å². The summed E-state index contributed by atoms with van der Waals surface area (Å²) in [6.45, 7) is 1.31. The lowest BCUT2D eigenvalue weighted by Gasteiger charge is -2.23. The Morgan fingerprint density at radius 3 is 2.81 bits per heavy atom. The average Bonchev–Trinajstić information content (AvgIpc) is 3.18. The largest absolute Gasteiger partial charge is 0.462 e. The van der Waals surface area contributed by atoms with Crippen molar-refractivity contribution in [2.24, 2.45) is 0 Å². The molecule has 12 heteroatoms. The minimum absolute atomic E-state index is 0.139. The maximum atomic E-state index is 13.1. The number of anilines is 3. The van der Waals surface area contributed by atoms with Crippen LogP contribution < -0.4 is 15.4 Å². The third kappa shape index (κ3) is 5.09. The van der Waals surface area contributed by atoms with E-state index in [1.165, 1.54) is 12.1 Å². The predicted octanol–water partition coefficient (Wildman–Crippen LogP) is 4.92. The van der Waals surface area contributed by atoms with E-state index in [9.17, 15) is 22.4 Å². The number of benzene rings is 1. The number of hydrogen-bond acceptors (Lipinski definition) is 6. The number of nitrogens with zero attached hydrogens (tertiary/aromatic N) is 3. The molecule has 1 atom stereocenters. The van der Waals surface area contributed by atoms with Gasteiger partial charge in [0.25, 0.3) is 0 Å². The van der Waals surface area contributed by atoms with E-state index in [1.807, 2.05) is 0 Å². The minimum atomic E-state index is -4.62. The monoisotopic (exact) mass is 461 g/mol. The Morgan fingerprint density at radius 1 is 1.39 bits per heavy atom. The topological polar surface area (TPSA) is 79.4 Å². The zero-order valence-electron chi connectivity index (χ0n) is 16.5. The summed E-state index contributed by atoms with van der Waals surface area (Å²) in [7, 11) is 0. The molecule has 1 aromatic heterocycles. The molecule has 1 amide bonds. The first kappa shape index (κ1) is 22.9. The van der Waals surface area contributed by atoms with E-state index in [0.29, 0.717) is 24.7 Å². The van der Waals surface area contributed by atoms with Crippen LogP contribution in [0.1, 0.15) is 36.9 Å². The Balaban J connectivity index is 1.95. The van der Waals surface area contributed by atoms with E-state index in [-0.39, 0.29) is 40.8 Å². The first-order valence-electron chi connectivity index (χ1n) is 9.46. The van der Waals surface area contributed by atoms with Crippen LogP contribution in [-0.4, -0.2) is 41.2 Å². The molecule has 0 spiro atoms. The molecular formula is C19H20ClF4N5O2. The van der Waals surface area contributed by atoms with Gasteiger partial charge in [-0.1, -0.05) is 11.6 Å². The maximum absolute atomic E-state index is 13.1. The lowest BCUT2D eigenvalue weighted by Crippen LogP contribution is -2.21. The lowest BCUT2D eigenvalue weighted by atomic mass is 10.0. The summed E-state index contributed by atoms with van der Waals surface area (Å²) in [4.78, 5) is 20.5. The molecule has 1 aliphatic heterocycles. The van der Waals surface area contributed by atoms with Crippen LogP contribution in [-0.2, 0) is 11.0 Å². The minimum Gasteiger partial charge on any atom is -0.462 e. The van der Waals surface area contributed by atoms with E-state index in [4.69, 9.17) is 16.3 Å². The van der Waals surface area contributed by atoms with Crippen LogP contribution in [0.4, 0.5) is 35.0 Å². The molecule has 1 unspecified atom stereocenters. The maximum Gasteiger partial charge on any atom is 0.421 e. The lowest BCUT2D eigenvalue weighted by molar-refractivity contribution is -0.137. The molecule has 31 heavy (non-hydrogen) atoms. The fraction of sp³-hybridized carbons (Fsp3) is 0.421. The SMILES string of the molecule is CCNc1nc(Nc2cc(OCF)c(C3CCCN3C=O)cc2Cl)ncc1C(F)(F)F. The van der Waals surface area contributed by atoms with E-state index >= 15 is 0 Å². The van der Waals surface area contributed by atoms with Crippen molar-refractivity contribution in [3.8, 4) is 5.75 Å². The molecule has 0 aliphatic carbocycles. The second kappa shape index (κ2) is 9.54. The van der Waals surface area contributed by atoms with Crippen molar-refractivity contribution in [1.82, 2.24) is 14.9 Å². The van der Waals surface area contributed by atoms with Gasteiger partial charge in [0, 0.05) is 30.9 Å². The second-order valence-electron chi connectivity index (χ2n) is 6.73. The van der Waals surface area contributed by atoms with Gasteiger partial charge >= 0.3 is 6.18 Å². The molecular weight excluding hydrogens is 442 g/mol. The second-order valence-corrected chi connectivity index (χ2v) is 7.14. The van der Waals surface area contributed by atoms with E-state index in [2.05, 4.69) is 20.6 Å². The quantitative estimate of drug-likeness (QED) is 0.429. The number of rotatable bonds is 8. The van der Waals surface area contributed by atoms with E-state index in [1.54, 1.807) is 11.8 Å². The normalized spacial score (nSPS) is 16.3. The van der Waals surface area contributed by atoms with Crippen LogP contribution in [0.2, 0.25) is 5.02 Å². The number of carbonyl (C=O) groups excluding carboxylic acids is 1. The number of nitrogens with one attached hydrogen (secondary N) is 2. The standard InChI is InChI=1S/C19H20ClF4N5O2/c1-2-25-17-12(19(22,23)24)8-26-18(28-17)27-14-7-16(31-9-21)11(6-13(14)20)15-4-3-5-29(15)10-30/h6-8,10,15H,2-5,9H2,1H3,(H2,25,26,27,28). The molecule has 3 rings (SSSR count). The third-order valence-electron chi connectivity index (χ3n) is 4.78. The van der Waals surface area contributed by atoms with E-state index < -0.39 is 18.6 Å². The molecule has 0 radical (unpaired) electrons. The van der Waals surface area contributed by atoms with Gasteiger partial charge in [-0.3, -0.25) is 4.79 Å².